The first kappa shape index (κ1) is 15.6. The Morgan fingerprint density at radius 3 is 2.43 bits per heavy atom. The van der Waals surface area contributed by atoms with Gasteiger partial charge in [-0.15, -0.1) is 0 Å². The number of hydrogen-bond donors (Lipinski definition) is 2. The van der Waals surface area contributed by atoms with Gasteiger partial charge in [-0.1, -0.05) is 25.4 Å². The number of ether oxygens (including phenoxy) is 1. The van der Waals surface area contributed by atoms with Crippen molar-refractivity contribution in [3.05, 3.63) is 22.7 Å². The molecule has 1 saturated carbocycles. The lowest BCUT2D eigenvalue weighted by Crippen LogP contribution is -2.18. The quantitative estimate of drug-likeness (QED) is 0.896. The summed E-state index contributed by atoms with van der Waals surface area (Å²) in [7, 11) is 1.48. The maximum atomic E-state index is 12.3. The second kappa shape index (κ2) is 5.22. The number of carbonyl (C=O) groups excluding carboxylic acids is 1. The van der Waals surface area contributed by atoms with Crippen LogP contribution in [0.15, 0.2) is 12.1 Å². The summed E-state index contributed by atoms with van der Waals surface area (Å²) in [6.07, 6.45) is 0. The molecule has 0 aromatic heterocycles. The predicted molar refractivity (Wildman–Crippen MR) is 79.8 cm³/mol. The average molecular weight is 312 g/mol. The third kappa shape index (κ3) is 2.70. The van der Waals surface area contributed by atoms with Crippen LogP contribution >= 0.6 is 11.6 Å². The summed E-state index contributed by atoms with van der Waals surface area (Å²) in [4.78, 5) is 23.5. The van der Waals surface area contributed by atoms with Crippen LogP contribution in [0.1, 0.15) is 19.4 Å². The van der Waals surface area contributed by atoms with Crippen LogP contribution in [-0.4, -0.2) is 24.1 Å². The molecule has 0 bridgehead atoms. The Morgan fingerprint density at radius 2 is 1.95 bits per heavy atom. The number of anilines is 1. The number of nitrogens with one attached hydrogen (secondary N) is 1. The molecule has 1 amide bonds. The molecule has 1 aliphatic carbocycles. The third-order valence-electron chi connectivity index (χ3n) is 4.11. The van der Waals surface area contributed by atoms with Gasteiger partial charge in [0.25, 0.3) is 0 Å². The van der Waals surface area contributed by atoms with Gasteiger partial charge in [0.15, 0.2) is 0 Å². The number of rotatable bonds is 4. The zero-order chi connectivity index (χ0) is 15.9. The maximum absolute atomic E-state index is 12.3. The van der Waals surface area contributed by atoms with Crippen molar-refractivity contribution in [1.29, 1.82) is 0 Å². The van der Waals surface area contributed by atoms with Crippen LogP contribution in [0.5, 0.6) is 5.75 Å². The van der Waals surface area contributed by atoms with Gasteiger partial charge in [-0.2, -0.15) is 0 Å². The maximum Gasteiger partial charge on any atom is 0.307 e. The standard InChI is InChI=1S/C15H18ClNO4/c1-7-5-9(10(21-4)6-8(7)16)17-13(18)11-12(14(19)20)15(11,2)3/h5-6,11-12H,1-4H3,(H,17,18)(H,19,20)/t11-,12+/m1/s1. The van der Waals surface area contributed by atoms with Crippen molar-refractivity contribution < 1.29 is 19.4 Å². The molecule has 2 atom stereocenters. The van der Waals surface area contributed by atoms with Gasteiger partial charge < -0.3 is 15.2 Å². The second-order valence-electron chi connectivity index (χ2n) is 5.91. The Morgan fingerprint density at radius 1 is 1.33 bits per heavy atom. The Kier molecular flexibility index (Phi) is 3.89. The van der Waals surface area contributed by atoms with Crippen molar-refractivity contribution in [3.8, 4) is 5.75 Å². The number of methoxy groups -OCH3 is 1. The zero-order valence-corrected chi connectivity index (χ0v) is 13.1. The van der Waals surface area contributed by atoms with E-state index in [0.717, 1.165) is 5.56 Å². The number of benzene rings is 1. The fourth-order valence-electron chi connectivity index (χ4n) is 2.73. The highest BCUT2D eigenvalue weighted by Crippen LogP contribution is 2.58. The normalized spacial score (nSPS) is 22.5. The smallest absolute Gasteiger partial charge is 0.307 e. The van der Waals surface area contributed by atoms with Crippen molar-refractivity contribution >= 4 is 29.2 Å². The summed E-state index contributed by atoms with van der Waals surface area (Å²) in [6, 6.07) is 3.34. The van der Waals surface area contributed by atoms with E-state index >= 15 is 0 Å². The lowest BCUT2D eigenvalue weighted by Gasteiger charge is -2.12. The second-order valence-corrected chi connectivity index (χ2v) is 6.31. The Bertz CT molecular complexity index is 612. The van der Waals surface area contributed by atoms with E-state index in [0.29, 0.717) is 16.5 Å². The van der Waals surface area contributed by atoms with E-state index in [9.17, 15) is 9.59 Å². The minimum atomic E-state index is -0.945. The molecule has 2 rings (SSSR count). The van der Waals surface area contributed by atoms with Gasteiger partial charge in [-0.05, 0) is 24.0 Å². The molecule has 2 N–H and O–H groups in total. The minimum Gasteiger partial charge on any atom is -0.495 e. The van der Waals surface area contributed by atoms with E-state index in [1.165, 1.54) is 7.11 Å². The molecular formula is C15H18ClNO4. The van der Waals surface area contributed by atoms with Crippen LogP contribution in [0.3, 0.4) is 0 Å². The van der Waals surface area contributed by atoms with Crippen LogP contribution in [0.4, 0.5) is 5.69 Å². The summed E-state index contributed by atoms with van der Waals surface area (Å²) in [5.41, 5.74) is 0.763. The first-order chi connectivity index (χ1) is 9.70. The SMILES string of the molecule is COc1cc(Cl)c(C)cc1NC(=O)[C@H]1[C@@H](C(=O)O)C1(C)C. The molecule has 114 valence electrons. The van der Waals surface area contributed by atoms with E-state index in [-0.39, 0.29) is 5.91 Å². The van der Waals surface area contributed by atoms with Gasteiger partial charge in [-0.3, -0.25) is 9.59 Å². The lowest BCUT2D eigenvalue weighted by atomic mass is 10.1. The molecule has 1 aromatic carbocycles. The zero-order valence-electron chi connectivity index (χ0n) is 12.4. The molecule has 0 aliphatic heterocycles. The highest BCUT2D eigenvalue weighted by molar-refractivity contribution is 6.31. The average Bonchev–Trinajstić information content (AvgIpc) is 2.97. The summed E-state index contributed by atoms with van der Waals surface area (Å²) < 4.78 is 5.19. The summed E-state index contributed by atoms with van der Waals surface area (Å²) in [5, 5.41) is 12.4. The van der Waals surface area contributed by atoms with Crippen molar-refractivity contribution in [1.82, 2.24) is 0 Å². The number of carboxylic acid groups (broad SMARTS) is 1. The highest BCUT2D eigenvalue weighted by Gasteiger charge is 2.65. The van der Waals surface area contributed by atoms with Gasteiger partial charge in [0.05, 0.1) is 24.6 Å². The molecule has 0 radical (unpaired) electrons. The first-order valence-corrected chi connectivity index (χ1v) is 6.95. The van der Waals surface area contributed by atoms with Crippen molar-refractivity contribution in [2.24, 2.45) is 17.3 Å². The van der Waals surface area contributed by atoms with Crippen molar-refractivity contribution in [2.75, 3.05) is 12.4 Å². The Hall–Kier alpha value is -1.75. The van der Waals surface area contributed by atoms with Crippen LogP contribution in [0.25, 0.3) is 0 Å². The van der Waals surface area contributed by atoms with Gasteiger partial charge in [0.1, 0.15) is 5.75 Å². The number of aliphatic carboxylic acids is 1. The van der Waals surface area contributed by atoms with Gasteiger partial charge in [0, 0.05) is 11.1 Å². The van der Waals surface area contributed by atoms with Crippen LogP contribution in [-0.2, 0) is 9.59 Å². The predicted octanol–water partition coefficient (Wildman–Crippen LogP) is 2.95. The minimum absolute atomic E-state index is 0.313. The summed E-state index contributed by atoms with van der Waals surface area (Å²) in [6.45, 7) is 5.37. The first-order valence-electron chi connectivity index (χ1n) is 6.58. The summed E-state index contributed by atoms with van der Waals surface area (Å²) in [5.74, 6) is -2.01. The number of carbonyl (C=O) groups is 2. The molecule has 0 spiro atoms. The number of carboxylic acids is 1. The van der Waals surface area contributed by atoms with Gasteiger partial charge in [0.2, 0.25) is 5.91 Å². The van der Waals surface area contributed by atoms with E-state index in [2.05, 4.69) is 5.32 Å². The monoisotopic (exact) mass is 311 g/mol. The molecule has 0 heterocycles. The lowest BCUT2D eigenvalue weighted by molar-refractivity contribution is -0.140. The third-order valence-corrected chi connectivity index (χ3v) is 4.52. The number of hydrogen-bond acceptors (Lipinski definition) is 3. The van der Waals surface area contributed by atoms with Crippen LogP contribution < -0.4 is 10.1 Å². The molecule has 5 nitrogen and oxygen atoms in total. The van der Waals surface area contributed by atoms with Crippen LogP contribution in [0, 0.1) is 24.2 Å². The highest BCUT2D eigenvalue weighted by atomic mass is 35.5. The molecule has 1 fully saturated rings. The molecule has 0 unspecified atom stereocenters. The number of aryl methyl sites for hydroxylation is 1. The molecule has 1 aliphatic rings. The van der Waals surface area contributed by atoms with Crippen LogP contribution in [0.2, 0.25) is 5.02 Å². The molecular weight excluding hydrogens is 294 g/mol. The molecule has 21 heavy (non-hydrogen) atoms. The molecule has 6 heteroatoms. The fraction of sp³-hybridized carbons (Fsp3) is 0.467. The van der Waals surface area contributed by atoms with Crippen molar-refractivity contribution in [3.63, 3.8) is 0 Å². The fourth-order valence-corrected chi connectivity index (χ4v) is 2.88. The van der Waals surface area contributed by atoms with Gasteiger partial charge >= 0.3 is 5.97 Å². The number of halogens is 1. The topological polar surface area (TPSA) is 75.6 Å². The Labute approximate surface area is 128 Å². The van der Waals surface area contributed by atoms with E-state index in [1.54, 1.807) is 26.0 Å². The summed E-state index contributed by atoms with van der Waals surface area (Å²) >= 11 is 6.02. The van der Waals surface area contributed by atoms with E-state index in [4.69, 9.17) is 21.4 Å². The van der Waals surface area contributed by atoms with Gasteiger partial charge in [-0.25, -0.2) is 0 Å². The van der Waals surface area contributed by atoms with E-state index < -0.39 is 23.2 Å². The largest absolute Gasteiger partial charge is 0.495 e. The number of amides is 1. The van der Waals surface area contributed by atoms with E-state index in [1.807, 2.05) is 6.92 Å². The molecule has 1 aromatic rings. The molecule has 0 saturated heterocycles. The van der Waals surface area contributed by atoms with Crippen molar-refractivity contribution in [2.45, 2.75) is 20.8 Å². The Balaban J connectivity index is 2.22.